The molecule has 18 heavy (non-hydrogen) atoms. The third-order valence-electron chi connectivity index (χ3n) is 2.68. The van der Waals surface area contributed by atoms with Gasteiger partial charge in [-0.2, -0.15) is 5.10 Å². The number of carbonyl (C=O) groups excluding carboxylic acids is 1. The van der Waals surface area contributed by atoms with E-state index in [0.717, 1.165) is 16.8 Å². The molecule has 0 fully saturated rings. The number of hydrogen-bond donors (Lipinski definition) is 2. The fraction of sp³-hybridized carbons (Fsp3) is 0.231. The van der Waals surface area contributed by atoms with E-state index in [0.29, 0.717) is 6.42 Å². The van der Waals surface area contributed by atoms with Crippen molar-refractivity contribution in [3.8, 4) is 11.3 Å². The van der Waals surface area contributed by atoms with Crippen LogP contribution in [-0.4, -0.2) is 29.3 Å². The molecule has 3 N–H and O–H groups in total. The first-order valence-electron chi connectivity index (χ1n) is 5.63. The number of esters is 1. The molecule has 2 aromatic rings. The van der Waals surface area contributed by atoms with Gasteiger partial charge in [-0.25, -0.2) is 0 Å². The minimum Gasteiger partial charge on any atom is -0.468 e. The van der Waals surface area contributed by atoms with Crippen LogP contribution < -0.4 is 5.73 Å². The third-order valence-corrected chi connectivity index (χ3v) is 2.68. The summed E-state index contributed by atoms with van der Waals surface area (Å²) in [5, 5.41) is 6.88. The van der Waals surface area contributed by atoms with Crippen LogP contribution in [0.4, 0.5) is 0 Å². The predicted octanol–water partition coefficient (Wildman–Crippen LogP) is 1.12. The molecule has 0 saturated carbocycles. The van der Waals surface area contributed by atoms with Crippen LogP contribution in [0, 0.1) is 0 Å². The summed E-state index contributed by atoms with van der Waals surface area (Å²) in [4.78, 5) is 11.3. The van der Waals surface area contributed by atoms with Crippen molar-refractivity contribution in [2.45, 2.75) is 12.5 Å². The van der Waals surface area contributed by atoms with Gasteiger partial charge in [0.25, 0.3) is 0 Å². The highest BCUT2D eigenvalue weighted by Crippen LogP contribution is 2.18. The summed E-state index contributed by atoms with van der Waals surface area (Å²) in [6.07, 6.45) is 2.22. The van der Waals surface area contributed by atoms with Crippen LogP contribution in [0.25, 0.3) is 11.3 Å². The molecule has 0 aliphatic rings. The molecular formula is C13H15N3O2. The first-order valence-corrected chi connectivity index (χ1v) is 5.63. The second-order valence-corrected chi connectivity index (χ2v) is 3.99. The Bertz CT molecular complexity index is 523. The Labute approximate surface area is 105 Å². The van der Waals surface area contributed by atoms with Gasteiger partial charge in [0.2, 0.25) is 0 Å². The standard InChI is InChI=1S/C13H15N3O2/c1-18-13(17)11(14)8-9-3-2-4-10(7-9)12-5-6-15-16-12/h2-7,11H,8,14H2,1H3,(H,15,16)/t11-/m1/s1. The Balaban J connectivity index is 2.15. The third kappa shape index (κ3) is 2.75. The normalized spacial score (nSPS) is 12.1. The summed E-state index contributed by atoms with van der Waals surface area (Å²) < 4.78 is 4.61. The van der Waals surface area contributed by atoms with E-state index < -0.39 is 12.0 Å². The summed E-state index contributed by atoms with van der Waals surface area (Å²) in [6.45, 7) is 0. The number of H-pyrrole nitrogens is 1. The Morgan fingerprint density at radius 1 is 1.50 bits per heavy atom. The molecule has 0 saturated heterocycles. The molecule has 0 aliphatic carbocycles. The molecule has 1 heterocycles. The summed E-state index contributed by atoms with van der Waals surface area (Å²) in [6, 6.07) is 9.04. The van der Waals surface area contributed by atoms with E-state index in [-0.39, 0.29) is 0 Å². The highest BCUT2D eigenvalue weighted by molar-refractivity contribution is 5.75. The molecule has 0 spiro atoms. The number of nitrogens with zero attached hydrogens (tertiary/aromatic N) is 1. The summed E-state index contributed by atoms with van der Waals surface area (Å²) in [7, 11) is 1.34. The van der Waals surface area contributed by atoms with Crippen molar-refractivity contribution in [2.75, 3.05) is 7.11 Å². The van der Waals surface area contributed by atoms with Crippen molar-refractivity contribution in [3.05, 3.63) is 42.1 Å². The number of nitrogens with one attached hydrogen (secondary N) is 1. The van der Waals surface area contributed by atoms with Gasteiger partial charge in [0, 0.05) is 11.8 Å². The van der Waals surface area contributed by atoms with E-state index in [1.807, 2.05) is 30.3 Å². The first kappa shape index (κ1) is 12.3. The quantitative estimate of drug-likeness (QED) is 0.791. The van der Waals surface area contributed by atoms with Gasteiger partial charge < -0.3 is 10.5 Å². The molecular weight excluding hydrogens is 230 g/mol. The molecule has 94 valence electrons. The number of aromatic amines is 1. The van der Waals surface area contributed by atoms with Gasteiger partial charge >= 0.3 is 5.97 Å². The van der Waals surface area contributed by atoms with Gasteiger partial charge in [0.15, 0.2) is 0 Å². The zero-order valence-electron chi connectivity index (χ0n) is 10.1. The molecule has 0 aliphatic heterocycles. The molecule has 0 unspecified atom stereocenters. The second-order valence-electron chi connectivity index (χ2n) is 3.99. The van der Waals surface area contributed by atoms with E-state index in [1.54, 1.807) is 6.20 Å². The highest BCUT2D eigenvalue weighted by Gasteiger charge is 2.14. The second kappa shape index (κ2) is 5.46. The number of hydrogen-bond acceptors (Lipinski definition) is 4. The lowest BCUT2D eigenvalue weighted by Gasteiger charge is -2.09. The zero-order valence-corrected chi connectivity index (χ0v) is 10.1. The first-order chi connectivity index (χ1) is 8.70. The van der Waals surface area contributed by atoms with Crippen molar-refractivity contribution in [2.24, 2.45) is 5.73 Å². The lowest BCUT2D eigenvalue weighted by Crippen LogP contribution is -2.33. The smallest absolute Gasteiger partial charge is 0.322 e. The molecule has 5 heteroatoms. The Hall–Kier alpha value is -2.14. The maximum Gasteiger partial charge on any atom is 0.322 e. The molecule has 1 atom stereocenters. The average molecular weight is 245 g/mol. The van der Waals surface area contributed by atoms with Crippen LogP contribution in [0.3, 0.4) is 0 Å². The molecule has 1 aromatic heterocycles. The minimum absolute atomic E-state index is 0.403. The van der Waals surface area contributed by atoms with Gasteiger partial charge in [0.1, 0.15) is 6.04 Å². The van der Waals surface area contributed by atoms with Gasteiger partial charge in [-0.1, -0.05) is 18.2 Å². The van der Waals surface area contributed by atoms with E-state index in [4.69, 9.17) is 5.73 Å². The van der Waals surface area contributed by atoms with E-state index in [9.17, 15) is 4.79 Å². The Morgan fingerprint density at radius 2 is 2.33 bits per heavy atom. The van der Waals surface area contributed by atoms with Crippen LogP contribution >= 0.6 is 0 Å². The van der Waals surface area contributed by atoms with Gasteiger partial charge in [-0.15, -0.1) is 0 Å². The lowest BCUT2D eigenvalue weighted by atomic mass is 10.0. The summed E-state index contributed by atoms with van der Waals surface area (Å²) >= 11 is 0. The van der Waals surface area contributed by atoms with Crippen LogP contribution in [0.15, 0.2) is 36.5 Å². The zero-order chi connectivity index (χ0) is 13.0. The number of aromatic nitrogens is 2. The van der Waals surface area contributed by atoms with Gasteiger partial charge in [-0.05, 0) is 24.1 Å². The van der Waals surface area contributed by atoms with Crippen molar-refractivity contribution in [3.63, 3.8) is 0 Å². The van der Waals surface area contributed by atoms with Crippen LogP contribution in [0.2, 0.25) is 0 Å². The van der Waals surface area contributed by atoms with Crippen LogP contribution in [0.5, 0.6) is 0 Å². The largest absolute Gasteiger partial charge is 0.468 e. The van der Waals surface area contributed by atoms with Crippen molar-refractivity contribution >= 4 is 5.97 Å². The van der Waals surface area contributed by atoms with Crippen LogP contribution in [0.1, 0.15) is 5.56 Å². The maximum absolute atomic E-state index is 11.3. The average Bonchev–Trinajstić information content (AvgIpc) is 2.92. The Morgan fingerprint density at radius 3 is 3.00 bits per heavy atom. The van der Waals surface area contributed by atoms with Crippen LogP contribution in [-0.2, 0) is 16.0 Å². The fourth-order valence-electron chi connectivity index (χ4n) is 1.77. The molecule has 5 nitrogen and oxygen atoms in total. The minimum atomic E-state index is -0.635. The van der Waals surface area contributed by atoms with Gasteiger partial charge in [0.05, 0.1) is 12.8 Å². The lowest BCUT2D eigenvalue weighted by molar-refractivity contribution is -0.142. The molecule has 0 bridgehead atoms. The number of nitrogens with two attached hydrogens (primary N) is 1. The Kier molecular flexibility index (Phi) is 3.74. The van der Waals surface area contributed by atoms with Crippen molar-refractivity contribution in [1.82, 2.24) is 10.2 Å². The summed E-state index contributed by atoms with van der Waals surface area (Å²) in [5.41, 5.74) is 8.57. The van der Waals surface area contributed by atoms with E-state index in [1.165, 1.54) is 7.11 Å². The predicted molar refractivity (Wildman–Crippen MR) is 67.7 cm³/mol. The fourth-order valence-corrected chi connectivity index (χ4v) is 1.77. The molecule has 2 rings (SSSR count). The summed E-state index contributed by atoms with van der Waals surface area (Å²) in [5.74, 6) is -0.403. The van der Waals surface area contributed by atoms with Crippen molar-refractivity contribution in [1.29, 1.82) is 0 Å². The van der Waals surface area contributed by atoms with Gasteiger partial charge in [-0.3, -0.25) is 9.89 Å². The topological polar surface area (TPSA) is 81.0 Å². The molecule has 1 aromatic carbocycles. The van der Waals surface area contributed by atoms with Crippen molar-refractivity contribution < 1.29 is 9.53 Å². The van der Waals surface area contributed by atoms with E-state index in [2.05, 4.69) is 14.9 Å². The molecule has 0 radical (unpaired) electrons. The van der Waals surface area contributed by atoms with E-state index >= 15 is 0 Å². The number of benzene rings is 1. The molecule has 0 amide bonds. The monoisotopic (exact) mass is 245 g/mol. The number of ether oxygens (including phenoxy) is 1. The number of methoxy groups -OCH3 is 1. The number of carbonyl (C=O) groups is 1. The SMILES string of the molecule is COC(=O)[C@H](N)Cc1cccc(-c2cc[nH]n2)c1. The maximum atomic E-state index is 11.3. The highest BCUT2D eigenvalue weighted by atomic mass is 16.5. The number of rotatable bonds is 4.